The molecule has 3 nitrogen and oxygen atoms in total. The fraction of sp³-hybridized carbons (Fsp3) is 0. The second kappa shape index (κ2) is 13.1. The normalized spacial score (nSPS) is 11.8. The summed E-state index contributed by atoms with van der Waals surface area (Å²) in [7, 11) is 0. The van der Waals surface area contributed by atoms with E-state index in [1.807, 2.05) is 11.3 Å². The molecule has 0 amide bonds. The van der Waals surface area contributed by atoms with E-state index in [0.29, 0.717) is 0 Å². The monoisotopic (exact) mass is 758 g/mol. The minimum Gasteiger partial charge on any atom is -0.453 e. The Morgan fingerprint density at radius 3 is 1.79 bits per heavy atom. The lowest BCUT2D eigenvalue weighted by atomic mass is 10.0. The van der Waals surface area contributed by atoms with Crippen molar-refractivity contribution in [1.82, 2.24) is 4.57 Å². The zero-order valence-electron chi connectivity index (χ0n) is 31.3. The average molecular weight is 759 g/mol. The van der Waals surface area contributed by atoms with Crippen LogP contribution in [0.2, 0.25) is 0 Å². The van der Waals surface area contributed by atoms with Gasteiger partial charge in [-0.3, -0.25) is 0 Å². The Balaban J connectivity index is 1.06. The molecule has 0 spiro atoms. The minimum atomic E-state index is 0.854. The number of thiophene rings is 1. The van der Waals surface area contributed by atoms with Crippen LogP contribution < -0.4 is 4.90 Å². The van der Waals surface area contributed by atoms with Crippen molar-refractivity contribution in [2.75, 3.05) is 4.90 Å². The quantitative estimate of drug-likeness (QED) is 0.168. The Labute approximate surface area is 338 Å². The first-order valence-electron chi connectivity index (χ1n) is 19.7. The molecule has 0 N–H and O–H groups in total. The predicted molar refractivity (Wildman–Crippen MR) is 247 cm³/mol. The molecule has 0 fully saturated rings. The van der Waals surface area contributed by atoms with Crippen LogP contribution in [0, 0.1) is 0 Å². The van der Waals surface area contributed by atoms with Crippen LogP contribution in [0.3, 0.4) is 0 Å². The van der Waals surface area contributed by atoms with Crippen molar-refractivity contribution >= 4 is 92.3 Å². The second-order valence-electron chi connectivity index (χ2n) is 14.9. The summed E-state index contributed by atoms with van der Waals surface area (Å²) in [6.45, 7) is 0. The van der Waals surface area contributed by atoms with E-state index in [0.717, 1.165) is 61.1 Å². The first-order chi connectivity index (χ1) is 28.8. The number of aromatic nitrogens is 1. The van der Waals surface area contributed by atoms with E-state index in [9.17, 15) is 0 Å². The van der Waals surface area contributed by atoms with Gasteiger partial charge in [0.05, 0.1) is 22.1 Å². The number of benzene rings is 9. The van der Waals surface area contributed by atoms with E-state index < -0.39 is 0 Å². The van der Waals surface area contributed by atoms with Crippen molar-refractivity contribution < 1.29 is 4.42 Å². The Morgan fingerprint density at radius 1 is 0.397 bits per heavy atom. The van der Waals surface area contributed by atoms with Crippen LogP contribution in [0.1, 0.15) is 0 Å². The first-order valence-corrected chi connectivity index (χ1v) is 20.5. The van der Waals surface area contributed by atoms with Crippen LogP contribution in [0.4, 0.5) is 17.1 Å². The molecule has 0 saturated heterocycles. The maximum Gasteiger partial charge on any atom is 0.159 e. The highest BCUT2D eigenvalue weighted by molar-refractivity contribution is 7.26. The largest absolute Gasteiger partial charge is 0.453 e. The van der Waals surface area contributed by atoms with Gasteiger partial charge >= 0.3 is 0 Å². The Bertz CT molecular complexity index is 3490. The topological polar surface area (TPSA) is 21.3 Å². The zero-order valence-corrected chi connectivity index (χ0v) is 32.2. The molecule has 0 aliphatic rings. The second-order valence-corrected chi connectivity index (χ2v) is 15.9. The van der Waals surface area contributed by atoms with E-state index in [1.54, 1.807) is 0 Å². The van der Waals surface area contributed by atoms with Crippen molar-refractivity contribution in [2.24, 2.45) is 0 Å². The zero-order chi connectivity index (χ0) is 38.2. The Kier molecular flexibility index (Phi) is 7.40. The van der Waals surface area contributed by atoms with Gasteiger partial charge in [-0.05, 0) is 89.0 Å². The van der Waals surface area contributed by atoms with Gasteiger partial charge in [0.15, 0.2) is 5.58 Å². The summed E-state index contributed by atoms with van der Waals surface area (Å²) in [5.41, 5.74) is 13.1. The lowest BCUT2D eigenvalue weighted by Gasteiger charge is -2.26. The lowest BCUT2D eigenvalue weighted by molar-refractivity contribution is 0.673. The van der Waals surface area contributed by atoms with Crippen molar-refractivity contribution in [3.05, 3.63) is 206 Å². The highest BCUT2D eigenvalue weighted by Gasteiger charge is 2.23. The van der Waals surface area contributed by atoms with Crippen LogP contribution in [0.25, 0.3) is 91.9 Å². The Hall–Kier alpha value is -7.40. The fourth-order valence-corrected chi connectivity index (χ4v) is 10.2. The maximum atomic E-state index is 7.19. The van der Waals surface area contributed by atoms with E-state index >= 15 is 0 Å². The number of rotatable bonds is 6. The third kappa shape index (κ3) is 5.05. The van der Waals surface area contributed by atoms with Gasteiger partial charge in [0.2, 0.25) is 0 Å². The maximum absolute atomic E-state index is 7.19. The summed E-state index contributed by atoms with van der Waals surface area (Å²) in [5, 5.41) is 7.10. The fourth-order valence-electron chi connectivity index (χ4n) is 8.95. The molecule has 3 heterocycles. The van der Waals surface area contributed by atoms with Gasteiger partial charge in [-0.2, -0.15) is 0 Å². The molecule has 0 aliphatic carbocycles. The standard InChI is InChI=1S/C54H34N2OS/c1-3-13-35(14-4-1)36-25-29-39(30-26-36)55(40-31-27-37(28-32-40)41-19-11-21-45-42-17-8-10-24-50(42)58-54(41)45)49-23-12-20-43-44-33-34-48-51(53(44)57-52(43)49)46-18-7-9-22-47(46)56(48)38-15-5-2-6-16-38/h1-34H. The highest BCUT2D eigenvalue weighted by atomic mass is 32.1. The van der Waals surface area contributed by atoms with Crippen LogP contribution in [0.5, 0.6) is 0 Å². The third-order valence-corrected chi connectivity index (χ3v) is 12.8. The number of hydrogen-bond donors (Lipinski definition) is 0. The molecule has 0 bridgehead atoms. The van der Waals surface area contributed by atoms with Gasteiger partial charge in [0.1, 0.15) is 5.58 Å². The predicted octanol–water partition coefficient (Wildman–Crippen LogP) is 15.9. The van der Waals surface area contributed by atoms with Crippen molar-refractivity contribution in [3.63, 3.8) is 0 Å². The smallest absolute Gasteiger partial charge is 0.159 e. The molecular weight excluding hydrogens is 725 g/mol. The molecule has 4 heteroatoms. The molecule has 0 saturated carbocycles. The van der Waals surface area contributed by atoms with E-state index in [-0.39, 0.29) is 0 Å². The van der Waals surface area contributed by atoms with Gasteiger partial charge in [0, 0.05) is 53.4 Å². The molecule has 0 aliphatic heterocycles. The summed E-state index contributed by atoms with van der Waals surface area (Å²) < 4.78 is 12.2. The van der Waals surface area contributed by atoms with Crippen molar-refractivity contribution in [1.29, 1.82) is 0 Å². The first kappa shape index (κ1) is 32.8. The minimum absolute atomic E-state index is 0.854. The molecular formula is C54H34N2OS. The molecule has 12 aromatic rings. The molecule has 0 atom stereocenters. The van der Waals surface area contributed by atoms with Gasteiger partial charge in [-0.15, -0.1) is 11.3 Å². The van der Waals surface area contributed by atoms with Crippen molar-refractivity contribution in [3.8, 4) is 27.9 Å². The third-order valence-electron chi connectivity index (χ3n) is 11.6. The molecule has 12 rings (SSSR count). The highest BCUT2D eigenvalue weighted by Crippen LogP contribution is 2.47. The van der Waals surface area contributed by atoms with Gasteiger partial charge in [-0.25, -0.2) is 0 Å². The molecule has 58 heavy (non-hydrogen) atoms. The number of nitrogens with zero attached hydrogens (tertiary/aromatic N) is 2. The van der Waals surface area contributed by atoms with E-state index in [4.69, 9.17) is 4.42 Å². The van der Waals surface area contributed by atoms with E-state index in [2.05, 4.69) is 216 Å². The summed E-state index contributed by atoms with van der Waals surface area (Å²) in [6, 6.07) is 74.1. The number of anilines is 3. The van der Waals surface area contributed by atoms with Crippen LogP contribution in [-0.4, -0.2) is 4.57 Å². The van der Waals surface area contributed by atoms with Crippen molar-refractivity contribution in [2.45, 2.75) is 0 Å². The molecule has 3 aromatic heterocycles. The molecule has 0 radical (unpaired) electrons. The summed E-state index contributed by atoms with van der Waals surface area (Å²) in [5.74, 6) is 0. The summed E-state index contributed by atoms with van der Waals surface area (Å²) >= 11 is 1.87. The van der Waals surface area contributed by atoms with Gasteiger partial charge < -0.3 is 13.9 Å². The molecule has 272 valence electrons. The SMILES string of the molecule is c1ccc(-c2ccc(N(c3ccc(-c4cccc5c4sc4ccccc45)cc3)c3cccc4c3oc3c4ccc4c3c3ccccc3n4-c3ccccc3)cc2)cc1. The average Bonchev–Trinajstić information content (AvgIpc) is 3.98. The Morgan fingerprint density at radius 2 is 1.00 bits per heavy atom. The van der Waals surface area contributed by atoms with Gasteiger partial charge in [0.25, 0.3) is 0 Å². The summed E-state index contributed by atoms with van der Waals surface area (Å²) in [6.07, 6.45) is 0. The van der Waals surface area contributed by atoms with Crippen LogP contribution in [0.15, 0.2) is 211 Å². The van der Waals surface area contributed by atoms with Crippen LogP contribution >= 0.6 is 11.3 Å². The lowest BCUT2D eigenvalue weighted by Crippen LogP contribution is -2.10. The van der Waals surface area contributed by atoms with Crippen LogP contribution in [-0.2, 0) is 0 Å². The number of para-hydroxylation sites is 3. The molecule has 0 unspecified atom stereocenters. The summed E-state index contributed by atoms with van der Waals surface area (Å²) in [4.78, 5) is 2.34. The number of fused-ring (bicyclic) bond motifs is 10. The number of hydrogen-bond acceptors (Lipinski definition) is 3. The van der Waals surface area contributed by atoms with Gasteiger partial charge in [-0.1, -0.05) is 140 Å². The van der Waals surface area contributed by atoms with E-state index in [1.165, 1.54) is 47.8 Å². The number of furan rings is 1. The molecule has 9 aromatic carbocycles.